The standard InChI is InChI=1S/C27H27N3O4/c1-18(2)33-23-10-8-19(16-24(23)32-3)26(31)29-14-12-27(13-15-29)25-11-9-20(17-28)30(25)21-6-4-5-7-22(21)34-27/h4-11,16,18H,12-15H2,1-3H3. The van der Waals surface area contributed by atoms with Crippen molar-refractivity contribution in [1.82, 2.24) is 9.47 Å². The highest BCUT2D eigenvalue weighted by Crippen LogP contribution is 2.46. The van der Waals surface area contributed by atoms with E-state index >= 15 is 0 Å². The molecule has 2 aliphatic rings. The topological polar surface area (TPSA) is 76.7 Å². The number of hydrogen-bond donors (Lipinski definition) is 0. The van der Waals surface area contributed by atoms with Crippen LogP contribution in [0.4, 0.5) is 0 Å². The van der Waals surface area contributed by atoms with E-state index in [4.69, 9.17) is 14.2 Å². The van der Waals surface area contributed by atoms with Crippen LogP contribution in [0.1, 0.15) is 48.4 Å². The van der Waals surface area contributed by atoms with Gasteiger partial charge in [-0.3, -0.25) is 9.36 Å². The number of piperidine rings is 1. The average Bonchev–Trinajstić information content (AvgIpc) is 3.30. The second kappa shape index (κ2) is 8.45. The van der Waals surface area contributed by atoms with Crippen molar-refractivity contribution in [3.8, 4) is 29.0 Å². The Morgan fingerprint density at radius 3 is 2.56 bits per heavy atom. The predicted molar refractivity (Wildman–Crippen MR) is 127 cm³/mol. The van der Waals surface area contributed by atoms with Crippen LogP contribution in [0.2, 0.25) is 0 Å². The summed E-state index contributed by atoms with van der Waals surface area (Å²) in [6.07, 6.45) is 1.27. The zero-order chi connectivity index (χ0) is 23.9. The van der Waals surface area contributed by atoms with E-state index in [1.54, 1.807) is 25.3 Å². The van der Waals surface area contributed by atoms with Gasteiger partial charge >= 0.3 is 0 Å². The molecule has 0 N–H and O–H groups in total. The van der Waals surface area contributed by atoms with Crippen molar-refractivity contribution in [2.45, 2.75) is 38.4 Å². The predicted octanol–water partition coefficient (Wildman–Crippen LogP) is 4.67. The summed E-state index contributed by atoms with van der Waals surface area (Å²) in [7, 11) is 1.57. The number of hydrogen-bond acceptors (Lipinski definition) is 5. The molecule has 1 aromatic heterocycles. The molecule has 2 aromatic carbocycles. The fourth-order valence-corrected chi connectivity index (χ4v) is 4.89. The molecule has 3 heterocycles. The molecule has 1 spiro atoms. The molecule has 0 atom stereocenters. The molecule has 0 aliphatic carbocycles. The van der Waals surface area contributed by atoms with Crippen LogP contribution in [-0.4, -0.2) is 41.7 Å². The number of benzene rings is 2. The lowest BCUT2D eigenvalue weighted by Crippen LogP contribution is -2.50. The molecule has 1 saturated heterocycles. The summed E-state index contributed by atoms with van der Waals surface area (Å²) in [6, 6.07) is 19.2. The first-order valence-corrected chi connectivity index (χ1v) is 11.5. The zero-order valence-corrected chi connectivity index (χ0v) is 19.6. The number of carbonyl (C=O) groups is 1. The lowest BCUT2D eigenvalue weighted by molar-refractivity contribution is -0.00938. The lowest BCUT2D eigenvalue weighted by Gasteiger charge is -2.45. The van der Waals surface area contributed by atoms with Gasteiger partial charge in [0.15, 0.2) is 17.1 Å². The van der Waals surface area contributed by atoms with Crippen molar-refractivity contribution >= 4 is 5.91 Å². The van der Waals surface area contributed by atoms with Gasteiger partial charge in [0.05, 0.1) is 24.6 Å². The van der Waals surface area contributed by atoms with E-state index in [9.17, 15) is 10.1 Å². The molecular weight excluding hydrogens is 430 g/mol. The van der Waals surface area contributed by atoms with Crippen LogP contribution >= 0.6 is 0 Å². The lowest BCUT2D eigenvalue weighted by atomic mass is 9.86. The van der Waals surface area contributed by atoms with Gasteiger partial charge in [-0.05, 0) is 56.3 Å². The van der Waals surface area contributed by atoms with E-state index in [2.05, 4.69) is 6.07 Å². The monoisotopic (exact) mass is 457 g/mol. The number of nitrogens with zero attached hydrogens (tertiary/aromatic N) is 3. The minimum atomic E-state index is -0.577. The summed E-state index contributed by atoms with van der Waals surface area (Å²) in [6.45, 7) is 4.98. The van der Waals surface area contributed by atoms with Crippen molar-refractivity contribution in [2.75, 3.05) is 20.2 Å². The molecule has 3 aromatic rings. The molecule has 1 fully saturated rings. The molecule has 0 saturated carbocycles. The average molecular weight is 458 g/mol. The van der Waals surface area contributed by atoms with E-state index in [0.29, 0.717) is 48.7 Å². The van der Waals surface area contributed by atoms with Crippen molar-refractivity contribution < 1.29 is 19.0 Å². The molecule has 5 rings (SSSR count). The maximum Gasteiger partial charge on any atom is 0.253 e. The van der Waals surface area contributed by atoms with Crippen molar-refractivity contribution in [2.24, 2.45) is 0 Å². The molecule has 7 heteroatoms. The number of para-hydroxylation sites is 2. The highest BCUT2D eigenvalue weighted by atomic mass is 16.5. The maximum atomic E-state index is 13.3. The molecule has 34 heavy (non-hydrogen) atoms. The number of likely N-dealkylation sites (tertiary alicyclic amines) is 1. The molecule has 7 nitrogen and oxygen atoms in total. The second-order valence-electron chi connectivity index (χ2n) is 8.94. The van der Waals surface area contributed by atoms with Gasteiger partial charge in [-0.1, -0.05) is 12.1 Å². The summed E-state index contributed by atoms with van der Waals surface area (Å²) < 4.78 is 19.8. The van der Waals surface area contributed by atoms with Gasteiger partial charge in [0.1, 0.15) is 17.5 Å². The molecular formula is C27H27N3O4. The molecule has 2 aliphatic heterocycles. The number of aromatic nitrogens is 1. The number of carbonyl (C=O) groups excluding carboxylic acids is 1. The van der Waals surface area contributed by atoms with Crippen molar-refractivity contribution in [1.29, 1.82) is 5.26 Å². The summed E-state index contributed by atoms with van der Waals surface area (Å²) in [4.78, 5) is 15.2. The van der Waals surface area contributed by atoms with E-state index in [0.717, 1.165) is 17.1 Å². The van der Waals surface area contributed by atoms with Crippen LogP contribution in [0.25, 0.3) is 5.69 Å². The Kier molecular flexibility index (Phi) is 5.45. The fourth-order valence-electron chi connectivity index (χ4n) is 4.89. The molecule has 174 valence electrons. The third-order valence-corrected chi connectivity index (χ3v) is 6.51. The Morgan fingerprint density at radius 2 is 1.85 bits per heavy atom. The van der Waals surface area contributed by atoms with Crippen LogP contribution in [0, 0.1) is 11.3 Å². The van der Waals surface area contributed by atoms with Gasteiger partial charge in [0, 0.05) is 31.5 Å². The Bertz CT molecular complexity index is 1280. The van der Waals surface area contributed by atoms with Gasteiger partial charge in [-0.15, -0.1) is 0 Å². The third-order valence-electron chi connectivity index (χ3n) is 6.51. The Morgan fingerprint density at radius 1 is 1.09 bits per heavy atom. The van der Waals surface area contributed by atoms with Crippen LogP contribution in [-0.2, 0) is 5.60 Å². The number of methoxy groups -OCH3 is 1. The van der Waals surface area contributed by atoms with E-state index in [1.165, 1.54) is 0 Å². The van der Waals surface area contributed by atoms with Gasteiger partial charge in [0.2, 0.25) is 0 Å². The first-order valence-electron chi connectivity index (χ1n) is 11.5. The van der Waals surface area contributed by atoms with E-state index in [1.807, 2.05) is 59.7 Å². The van der Waals surface area contributed by atoms with Gasteiger partial charge < -0.3 is 19.1 Å². The molecule has 0 radical (unpaired) electrons. The van der Waals surface area contributed by atoms with Crippen molar-refractivity contribution in [3.63, 3.8) is 0 Å². The summed E-state index contributed by atoms with van der Waals surface area (Å²) >= 11 is 0. The molecule has 0 bridgehead atoms. The van der Waals surface area contributed by atoms with Gasteiger partial charge in [-0.25, -0.2) is 0 Å². The highest BCUT2D eigenvalue weighted by molar-refractivity contribution is 5.95. The number of amides is 1. The number of ether oxygens (including phenoxy) is 3. The quantitative estimate of drug-likeness (QED) is 0.569. The van der Waals surface area contributed by atoms with Gasteiger partial charge in [0.25, 0.3) is 5.91 Å². The normalized spacial score (nSPS) is 15.8. The number of rotatable bonds is 4. The maximum absolute atomic E-state index is 13.3. The first kappa shape index (κ1) is 21.9. The second-order valence-corrected chi connectivity index (χ2v) is 8.94. The SMILES string of the molecule is COc1cc(C(=O)N2CCC3(CC2)Oc2ccccc2-n2c(C#N)ccc23)ccc1OC(C)C. The summed E-state index contributed by atoms with van der Waals surface area (Å²) in [5.41, 5.74) is 2.41. The minimum absolute atomic E-state index is 0.00913. The molecule has 1 amide bonds. The zero-order valence-electron chi connectivity index (χ0n) is 19.6. The Hall–Kier alpha value is -3.92. The van der Waals surface area contributed by atoms with Crippen molar-refractivity contribution in [3.05, 3.63) is 71.5 Å². The van der Waals surface area contributed by atoms with Gasteiger partial charge in [-0.2, -0.15) is 5.26 Å². The smallest absolute Gasteiger partial charge is 0.253 e. The van der Waals surface area contributed by atoms with Crippen LogP contribution in [0.3, 0.4) is 0 Å². The highest BCUT2D eigenvalue weighted by Gasteiger charge is 2.45. The first-order chi connectivity index (χ1) is 16.5. The number of nitriles is 1. The fraction of sp³-hybridized carbons (Fsp3) is 0.333. The summed E-state index contributed by atoms with van der Waals surface area (Å²) in [5.74, 6) is 1.87. The number of fused-ring (bicyclic) bond motifs is 4. The Balaban J connectivity index is 1.39. The minimum Gasteiger partial charge on any atom is -0.493 e. The Labute approximate surface area is 199 Å². The van der Waals surface area contributed by atoms with Crippen LogP contribution in [0.5, 0.6) is 17.2 Å². The van der Waals surface area contributed by atoms with E-state index < -0.39 is 5.60 Å². The molecule has 0 unspecified atom stereocenters. The third kappa shape index (κ3) is 3.56. The van der Waals surface area contributed by atoms with E-state index in [-0.39, 0.29) is 12.0 Å². The van der Waals surface area contributed by atoms with Crippen LogP contribution < -0.4 is 14.2 Å². The summed E-state index contributed by atoms with van der Waals surface area (Å²) in [5, 5.41) is 9.66. The van der Waals surface area contributed by atoms with Crippen LogP contribution in [0.15, 0.2) is 54.6 Å². The largest absolute Gasteiger partial charge is 0.493 e.